The van der Waals surface area contributed by atoms with Gasteiger partial charge >= 0.3 is 0 Å². The van der Waals surface area contributed by atoms with Crippen LogP contribution in [0.3, 0.4) is 0 Å². The van der Waals surface area contributed by atoms with Gasteiger partial charge in [0.25, 0.3) is 0 Å². The fraction of sp³-hybridized carbons (Fsp3) is 0.545. The zero-order chi connectivity index (χ0) is 10.9. The number of nitrogens with one attached hydrogen (secondary N) is 2. The highest BCUT2D eigenvalue weighted by Crippen LogP contribution is 2.25. The standard InChI is InChI=1S/C11H16N2OS.ClH/c1-11(2,9-4-3-5-15-9)13-10(14)8-6-12-7-8;/h3-5,8,12H,6-7H2,1-2H3,(H,13,14);1H. The average molecular weight is 261 g/mol. The Morgan fingerprint density at radius 1 is 1.56 bits per heavy atom. The fourth-order valence-corrected chi connectivity index (χ4v) is 2.39. The summed E-state index contributed by atoms with van der Waals surface area (Å²) in [5.41, 5.74) is -0.249. The molecule has 5 heteroatoms. The number of thiophene rings is 1. The van der Waals surface area contributed by atoms with Crippen LogP contribution >= 0.6 is 23.7 Å². The van der Waals surface area contributed by atoms with Gasteiger partial charge in [-0.2, -0.15) is 0 Å². The van der Waals surface area contributed by atoms with Crippen LogP contribution in [0.1, 0.15) is 18.7 Å². The second-order valence-corrected chi connectivity index (χ2v) is 5.39. The topological polar surface area (TPSA) is 41.1 Å². The number of hydrogen-bond acceptors (Lipinski definition) is 3. The third-order valence-electron chi connectivity index (χ3n) is 2.73. The van der Waals surface area contributed by atoms with Gasteiger partial charge in [-0.3, -0.25) is 4.79 Å². The molecule has 3 nitrogen and oxygen atoms in total. The van der Waals surface area contributed by atoms with E-state index in [-0.39, 0.29) is 29.8 Å². The summed E-state index contributed by atoms with van der Waals surface area (Å²) in [6.07, 6.45) is 0. The molecule has 1 aromatic heterocycles. The largest absolute Gasteiger partial charge is 0.346 e. The van der Waals surface area contributed by atoms with E-state index in [2.05, 4.69) is 16.7 Å². The highest BCUT2D eigenvalue weighted by Gasteiger charge is 2.30. The summed E-state index contributed by atoms with van der Waals surface area (Å²) in [7, 11) is 0. The van der Waals surface area contributed by atoms with Crippen LogP contribution in [0.4, 0.5) is 0 Å². The second-order valence-electron chi connectivity index (χ2n) is 4.45. The number of rotatable bonds is 3. The lowest BCUT2D eigenvalue weighted by molar-refractivity contribution is -0.128. The summed E-state index contributed by atoms with van der Waals surface area (Å²) in [5, 5.41) is 8.23. The predicted octanol–water partition coefficient (Wildman–Crippen LogP) is 1.74. The molecule has 0 saturated carbocycles. The Balaban J connectivity index is 0.00000128. The molecule has 0 spiro atoms. The highest BCUT2D eigenvalue weighted by molar-refractivity contribution is 7.10. The van der Waals surface area contributed by atoms with Gasteiger partial charge < -0.3 is 10.6 Å². The Kier molecular flexibility index (Phi) is 4.35. The van der Waals surface area contributed by atoms with E-state index in [1.165, 1.54) is 4.88 Å². The number of carbonyl (C=O) groups excluding carboxylic acids is 1. The monoisotopic (exact) mass is 260 g/mol. The van der Waals surface area contributed by atoms with Crippen LogP contribution in [0.5, 0.6) is 0 Å². The first kappa shape index (κ1) is 13.5. The van der Waals surface area contributed by atoms with E-state index >= 15 is 0 Å². The van der Waals surface area contributed by atoms with Crippen LogP contribution in [0, 0.1) is 5.92 Å². The maximum Gasteiger partial charge on any atom is 0.226 e. The van der Waals surface area contributed by atoms with Gasteiger partial charge in [-0.15, -0.1) is 23.7 Å². The summed E-state index contributed by atoms with van der Waals surface area (Å²) in [5.74, 6) is 0.316. The predicted molar refractivity (Wildman–Crippen MR) is 69.1 cm³/mol. The molecule has 2 heterocycles. The molecule has 0 unspecified atom stereocenters. The molecule has 2 N–H and O–H groups in total. The summed E-state index contributed by atoms with van der Waals surface area (Å²) in [6, 6.07) is 4.07. The van der Waals surface area contributed by atoms with Crippen molar-refractivity contribution in [1.82, 2.24) is 10.6 Å². The third kappa shape index (κ3) is 2.75. The normalized spacial score (nSPS) is 16.1. The molecule has 1 fully saturated rings. The molecular weight excluding hydrogens is 244 g/mol. The van der Waals surface area contributed by atoms with Crippen LogP contribution < -0.4 is 10.6 Å². The molecule has 0 radical (unpaired) electrons. The Hall–Kier alpha value is -0.580. The zero-order valence-corrected chi connectivity index (χ0v) is 11.1. The van der Waals surface area contributed by atoms with Crippen molar-refractivity contribution < 1.29 is 4.79 Å². The first-order chi connectivity index (χ1) is 7.09. The van der Waals surface area contributed by atoms with Crippen LogP contribution in [0.25, 0.3) is 0 Å². The van der Waals surface area contributed by atoms with E-state index < -0.39 is 0 Å². The molecule has 1 saturated heterocycles. The van der Waals surface area contributed by atoms with E-state index in [0.29, 0.717) is 0 Å². The highest BCUT2D eigenvalue weighted by atomic mass is 35.5. The van der Waals surface area contributed by atoms with E-state index in [4.69, 9.17) is 0 Å². The van der Waals surface area contributed by atoms with E-state index in [0.717, 1.165) is 13.1 Å². The van der Waals surface area contributed by atoms with Gasteiger partial charge in [0.2, 0.25) is 5.91 Å². The first-order valence-corrected chi connectivity index (χ1v) is 6.04. The van der Waals surface area contributed by atoms with Gasteiger partial charge in [0, 0.05) is 18.0 Å². The molecule has 16 heavy (non-hydrogen) atoms. The van der Waals surface area contributed by atoms with Gasteiger partial charge in [-0.05, 0) is 25.3 Å². The van der Waals surface area contributed by atoms with E-state index in [1.54, 1.807) is 11.3 Å². The van der Waals surface area contributed by atoms with Gasteiger partial charge in [0.15, 0.2) is 0 Å². The summed E-state index contributed by atoms with van der Waals surface area (Å²) in [4.78, 5) is 13.0. The molecule has 1 aliphatic heterocycles. The molecule has 90 valence electrons. The van der Waals surface area contributed by atoms with Crippen molar-refractivity contribution in [3.05, 3.63) is 22.4 Å². The van der Waals surface area contributed by atoms with Crippen molar-refractivity contribution in [2.45, 2.75) is 19.4 Å². The van der Waals surface area contributed by atoms with Crippen molar-refractivity contribution >= 4 is 29.7 Å². The minimum absolute atomic E-state index is 0. The Bertz CT molecular complexity index is 347. The van der Waals surface area contributed by atoms with Crippen molar-refractivity contribution in [2.24, 2.45) is 5.92 Å². The molecular formula is C11H17ClN2OS. The van der Waals surface area contributed by atoms with Crippen molar-refractivity contribution in [3.63, 3.8) is 0 Å². The lowest BCUT2D eigenvalue weighted by Gasteiger charge is -2.31. The quantitative estimate of drug-likeness (QED) is 0.869. The Morgan fingerprint density at radius 3 is 2.69 bits per heavy atom. The summed E-state index contributed by atoms with van der Waals surface area (Å²) < 4.78 is 0. The lowest BCUT2D eigenvalue weighted by atomic mass is 9.98. The van der Waals surface area contributed by atoms with E-state index in [1.807, 2.05) is 25.3 Å². The molecule has 1 amide bonds. The van der Waals surface area contributed by atoms with Gasteiger partial charge in [-0.25, -0.2) is 0 Å². The number of carbonyl (C=O) groups is 1. The fourth-order valence-electron chi connectivity index (χ4n) is 1.58. The van der Waals surface area contributed by atoms with Crippen molar-refractivity contribution in [1.29, 1.82) is 0 Å². The average Bonchev–Trinajstić information content (AvgIpc) is 2.49. The Morgan fingerprint density at radius 2 is 2.25 bits per heavy atom. The second kappa shape index (κ2) is 5.17. The molecule has 0 aliphatic carbocycles. The van der Waals surface area contributed by atoms with Crippen LogP contribution in [0.15, 0.2) is 17.5 Å². The maximum atomic E-state index is 11.8. The Labute approximate surface area is 106 Å². The van der Waals surface area contributed by atoms with Gasteiger partial charge in [0.1, 0.15) is 0 Å². The molecule has 0 aromatic carbocycles. The molecule has 0 bridgehead atoms. The first-order valence-electron chi connectivity index (χ1n) is 5.16. The van der Waals surface area contributed by atoms with Gasteiger partial charge in [-0.1, -0.05) is 6.07 Å². The number of hydrogen-bond donors (Lipinski definition) is 2. The molecule has 1 aliphatic rings. The molecule has 2 rings (SSSR count). The minimum atomic E-state index is -0.249. The maximum absolute atomic E-state index is 11.8. The van der Waals surface area contributed by atoms with E-state index in [9.17, 15) is 4.79 Å². The van der Waals surface area contributed by atoms with Crippen LogP contribution in [-0.4, -0.2) is 19.0 Å². The third-order valence-corrected chi connectivity index (χ3v) is 3.92. The smallest absolute Gasteiger partial charge is 0.226 e. The van der Waals surface area contributed by atoms with Crippen LogP contribution in [0.2, 0.25) is 0 Å². The SMILES string of the molecule is CC(C)(NC(=O)C1CNC1)c1cccs1.Cl. The van der Waals surface area contributed by atoms with Crippen LogP contribution in [-0.2, 0) is 10.3 Å². The van der Waals surface area contributed by atoms with Crippen molar-refractivity contribution in [2.75, 3.05) is 13.1 Å². The number of halogens is 1. The van der Waals surface area contributed by atoms with Gasteiger partial charge in [0.05, 0.1) is 11.5 Å². The zero-order valence-electron chi connectivity index (χ0n) is 9.45. The summed E-state index contributed by atoms with van der Waals surface area (Å²) >= 11 is 1.68. The lowest BCUT2D eigenvalue weighted by Crippen LogP contribution is -2.54. The molecule has 0 atom stereocenters. The number of amides is 1. The van der Waals surface area contributed by atoms with Crippen molar-refractivity contribution in [3.8, 4) is 0 Å². The minimum Gasteiger partial charge on any atom is -0.346 e. The molecule has 1 aromatic rings. The summed E-state index contributed by atoms with van der Waals surface area (Å²) in [6.45, 7) is 5.71.